The van der Waals surface area contributed by atoms with Gasteiger partial charge in [0.1, 0.15) is 5.78 Å². The number of allylic oxidation sites excluding steroid dienone is 2. The average molecular weight is 524 g/mol. The lowest BCUT2D eigenvalue weighted by Crippen LogP contribution is -2.43. The molecule has 190 valence electrons. The minimum absolute atomic E-state index is 0.0397. The molecule has 0 aliphatic heterocycles. The SMILES string of the molecule is C=C(C)CCC(C/C=C/[C@H]1CCC(=O)[C@@H]1CCSc1nc(C(=O)O)cs1)O[Si](C)(C)C(C)(C)C. The van der Waals surface area contributed by atoms with Crippen LogP contribution in [0, 0.1) is 11.8 Å². The van der Waals surface area contributed by atoms with Crippen molar-refractivity contribution in [3.63, 3.8) is 0 Å². The maximum absolute atomic E-state index is 12.5. The number of hydrogen-bond acceptors (Lipinski definition) is 6. The number of Topliss-reactive ketones (excluding diaryl/α,β-unsaturated/α-hetero) is 1. The van der Waals surface area contributed by atoms with Gasteiger partial charge in [-0.05, 0) is 63.1 Å². The van der Waals surface area contributed by atoms with Gasteiger partial charge in [-0.15, -0.1) is 17.9 Å². The highest BCUT2D eigenvalue weighted by molar-refractivity contribution is 8.01. The number of thiazole rings is 1. The van der Waals surface area contributed by atoms with Crippen molar-refractivity contribution >= 4 is 43.2 Å². The van der Waals surface area contributed by atoms with Crippen molar-refractivity contribution in [2.75, 3.05) is 5.75 Å². The number of rotatable bonds is 13. The Morgan fingerprint density at radius 2 is 2.15 bits per heavy atom. The van der Waals surface area contributed by atoms with Crippen LogP contribution in [0.4, 0.5) is 0 Å². The quantitative estimate of drug-likeness (QED) is 0.163. The molecule has 0 spiro atoms. The Morgan fingerprint density at radius 1 is 1.44 bits per heavy atom. The molecule has 1 heterocycles. The molecule has 3 atom stereocenters. The summed E-state index contributed by atoms with van der Waals surface area (Å²) in [5.41, 5.74) is 1.27. The van der Waals surface area contributed by atoms with E-state index in [1.54, 1.807) is 17.1 Å². The van der Waals surface area contributed by atoms with E-state index in [0.717, 1.165) is 42.2 Å². The van der Waals surface area contributed by atoms with Gasteiger partial charge in [0.15, 0.2) is 18.4 Å². The smallest absolute Gasteiger partial charge is 0.355 e. The number of hydrogen-bond donors (Lipinski definition) is 1. The zero-order chi connectivity index (χ0) is 25.5. The first-order valence-corrected chi connectivity index (χ1v) is 16.9. The number of aromatic carboxylic acids is 1. The van der Waals surface area contributed by atoms with Gasteiger partial charge in [-0.3, -0.25) is 4.79 Å². The number of carbonyl (C=O) groups excluding carboxylic acids is 1. The molecule has 1 fully saturated rings. The zero-order valence-corrected chi connectivity index (χ0v) is 24.2. The maximum Gasteiger partial charge on any atom is 0.355 e. The number of carboxylic acid groups (broad SMARTS) is 1. The fourth-order valence-corrected chi connectivity index (χ4v) is 7.16. The molecule has 1 aliphatic carbocycles. The van der Waals surface area contributed by atoms with Gasteiger partial charge in [0, 0.05) is 29.6 Å². The van der Waals surface area contributed by atoms with Crippen LogP contribution in [0.3, 0.4) is 0 Å². The molecule has 1 unspecified atom stereocenters. The lowest BCUT2D eigenvalue weighted by atomic mass is 9.92. The molecule has 0 radical (unpaired) electrons. The third-order valence-electron chi connectivity index (χ3n) is 6.95. The van der Waals surface area contributed by atoms with Crippen molar-refractivity contribution < 1.29 is 19.1 Å². The summed E-state index contributed by atoms with van der Waals surface area (Å²) in [6.07, 6.45) is 9.80. The fraction of sp³-hybridized carbons (Fsp3) is 0.654. The van der Waals surface area contributed by atoms with Crippen LogP contribution < -0.4 is 0 Å². The second-order valence-corrected chi connectivity index (χ2v) is 17.8. The second kappa shape index (κ2) is 12.7. The van der Waals surface area contributed by atoms with Gasteiger partial charge in [0.05, 0.1) is 0 Å². The summed E-state index contributed by atoms with van der Waals surface area (Å²) in [7, 11) is -1.86. The highest BCUT2D eigenvalue weighted by Gasteiger charge is 2.39. The third kappa shape index (κ3) is 8.77. The largest absolute Gasteiger partial charge is 0.476 e. The third-order valence-corrected chi connectivity index (χ3v) is 13.5. The first kappa shape index (κ1) is 29.0. The average Bonchev–Trinajstić information content (AvgIpc) is 3.33. The van der Waals surface area contributed by atoms with Crippen molar-refractivity contribution in [2.45, 2.75) is 94.8 Å². The van der Waals surface area contributed by atoms with Crippen molar-refractivity contribution in [3.8, 4) is 0 Å². The van der Waals surface area contributed by atoms with E-state index in [2.05, 4.69) is 64.5 Å². The lowest BCUT2D eigenvalue weighted by molar-refractivity contribution is -0.121. The number of thioether (sulfide) groups is 1. The monoisotopic (exact) mass is 523 g/mol. The number of carboxylic acids is 1. The standard InChI is InChI=1S/C26H41NO4S2Si/c1-18(2)11-13-20(31-34(6,7)26(3,4)5)10-8-9-19-12-14-23(28)21(19)15-16-32-25-27-22(17-33-25)24(29)30/h8-9,17,19-21H,1,10-16H2,2-7H3,(H,29,30)/b9-8+/t19-,20?,21+/m0/s1. The van der Waals surface area contributed by atoms with E-state index in [0.29, 0.717) is 12.2 Å². The normalized spacial score (nSPS) is 20.2. The van der Waals surface area contributed by atoms with Crippen LogP contribution in [0.25, 0.3) is 0 Å². The first-order valence-electron chi connectivity index (χ1n) is 12.1. The summed E-state index contributed by atoms with van der Waals surface area (Å²) in [6.45, 7) is 17.5. The number of aromatic nitrogens is 1. The Hall–Kier alpha value is -1.22. The molecule has 34 heavy (non-hydrogen) atoms. The lowest BCUT2D eigenvalue weighted by Gasteiger charge is -2.39. The molecule has 2 rings (SSSR count). The molecule has 1 aromatic rings. The topological polar surface area (TPSA) is 76.5 Å². The van der Waals surface area contributed by atoms with Gasteiger partial charge in [0.2, 0.25) is 0 Å². The molecule has 5 nitrogen and oxygen atoms in total. The van der Waals surface area contributed by atoms with Crippen LogP contribution in [0.2, 0.25) is 18.1 Å². The van der Waals surface area contributed by atoms with Crippen LogP contribution in [0.5, 0.6) is 0 Å². The number of nitrogens with zero attached hydrogens (tertiary/aromatic N) is 1. The summed E-state index contributed by atoms with van der Waals surface area (Å²) >= 11 is 2.89. The Kier molecular flexibility index (Phi) is 10.8. The minimum Gasteiger partial charge on any atom is -0.476 e. The summed E-state index contributed by atoms with van der Waals surface area (Å²) in [5.74, 6) is 0.421. The Morgan fingerprint density at radius 3 is 2.74 bits per heavy atom. The zero-order valence-electron chi connectivity index (χ0n) is 21.6. The Bertz CT molecular complexity index is 888. The van der Waals surface area contributed by atoms with Crippen molar-refractivity contribution in [1.29, 1.82) is 0 Å². The first-order chi connectivity index (χ1) is 15.8. The predicted octanol–water partition coefficient (Wildman–Crippen LogP) is 7.61. The highest BCUT2D eigenvalue weighted by Crippen LogP contribution is 2.39. The van der Waals surface area contributed by atoms with E-state index in [4.69, 9.17) is 9.53 Å². The molecular weight excluding hydrogens is 483 g/mol. The van der Waals surface area contributed by atoms with E-state index in [1.165, 1.54) is 16.9 Å². The molecule has 0 amide bonds. The summed E-state index contributed by atoms with van der Waals surface area (Å²) < 4.78 is 7.48. The van der Waals surface area contributed by atoms with Crippen molar-refractivity contribution in [3.05, 3.63) is 35.4 Å². The molecule has 1 aliphatic rings. The van der Waals surface area contributed by atoms with Gasteiger partial charge >= 0.3 is 5.97 Å². The Balaban J connectivity index is 1.94. The van der Waals surface area contributed by atoms with E-state index in [-0.39, 0.29) is 28.7 Å². The molecule has 1 aromatic heterocycles. The van der Waals surface area contributed by atoms with Crippen LogP contribution >= 0.6 is 23.1 Å². The van der Waals surface area contributed by atoms with Crippen LogP contribution in [-0.4, -0.2) is 42.0 Å². The molecule has 1 saturated carbocycles. The highest BCUT2D eigenvalue weighted by atomic mass is 32.2. The van der Waals surface area contributed by atoms with Crippen LogP contribution in [0.15, 0.2) is 34.0 Å². The molecular formula is C26H41NO4S2Si. The number of carbonyl (C=O) groups is 2. The van der Waals surface area contributed by atoms with Crippen molar-refractivity contribution in [2.24, 2.45) is 11.8 Å². The summed E-state index contributed by atoms with van der Waals surface area (Å²) in [5, 5.41) is 10.8. The molecule has 8 heteroatoms. The summed E-state index contributed by atoms with van der Waals surface area (Å²) in [6, 6.07) is 0. The van der Waals surface area contributed by atoms with E-state index < -0.39 is 14.3 Å². The Labute approximate surface area is 214 Å². The molecule has 0 bridgehead atoms. The number of ketones is 1. The van der Waals surface area contributed by atoms with Crippen molar-refractivity contribution in [1.82, 2.24) is 4.98 Å². The minimum atomic E-state index is -1.86. The van der Waals surface area contributed by atoms with Crippen LogP contribution in [-0.2, 0) is 9.22 Å². The van der Waals surface area contributed by atoms with E-state index >= 15 is 0 Å². The van der Waals surface area contributed by atoms with E-state index in [1.807, 2.05) is 0 Å². The second-order valence-electron chi connectivity index (χ2n) is 10.9. The van der Waals surface area contributed by atoms with Crippen LogP contribution in [0.1, 0.15) is 76.7 Å². The van der Waals surface area contributed by atoms with Gasteiger partial charge in [0.25, 0.3) is 0 Å². The fourth-order valence-electron chi connectivity index (χ4n) is 3.87. The molecule has 1 N–H and O–H groups in total. The van der Waals surface area contributed by atoms with Gasteiger partial charge in [-0.1, -0.05) is 50.3 Å². The van der Waals surface area contributed by atoms with Gasteiger partial charge in [-0.2, -0.15) is 0 Å². The van der Waals surface area contributed by atoms with E-state index in [9.17, 15) is 9.59 Å². The van der Waals surface area contributed by atoms with Gasteiger partial charge in [-0.25, -0.2) is 9.78 Å². The molecule has 0 aromatic carbocycles. The predicted molar refractivity (Wildman–Crippen MR) is 146 cm³/mol. The van der Waals surface area contributed by atoms with Gasteiger partial charge < -0.3 is 9.53 Å². The summed E-state index contributed by atoms with van der Waals surface area (Å²) in [4.78, 5) is 27.7. The maximum atomic E-state index is 12.5. The molecule has 0 saturated heterocycles.